The zero-order valence-corrected chi connectivity index (χ0v) is 47.0. The summed E-state index contributed by atoms with van der Waals surface area (Å²) in [5, 5.41) is 17.8. The highest BCUT2D eigenvalue weighted by Gasteiger charge is 2.44. The Bertz CT molecular complexity index is 2830. The van der Waals surface area contributed by atoms with Crippen LogP contribution in [-0.4, -0.2) is 125 Å². The van der Waals surface area contributed by atoms with Crippen LogP contribution in [0, 0.1) is 12.3 Å². The van der Waals surface area contributed by atoms with E-state index >= 15 is 0 Å². The number of carbonyl (C=O) groups excluding carboxylic acids is 4. The van der Waals surface area contributed by atoms with Gasteiger partial charge < -0.3 is 39.7 Å². The number of piperazine rings is 1. The van der Waals surface area contributed by atoms with E-state index < -0.39 is 30.7 Å². The summed E-state index contributed by atoms with van der Waals surface area (Å²) in [5.41, 5.74) is 7.71. The Hall–Kier alpha value is -5.67. The molecular weight excluding hydrogens is 1010 g/mol. The Kier molecular flexibility index (Phi) is 19.7. The number of halogens is 1. The molecule has 2 aliphatic rings. The maximum Gasteiger partial charge on any atom is 0.246 e. The van der Waals surface area contributed by atoms with E-state index in [0.29, 0.717) is 68.4 Å². The number of benzene rings is 3. The number of aromatic nitrogens is 3. The third-order valence-electron chi connectivity index (χ3n) is 14.2. The zero-order chi connectivity index (χ0) is 53.9. The molecule has 0 aliphatic carbocycles. The van der Waals surface area contributed by atoms with Gasteiger partial charge in [0.2, 0.25) is 23.6 Å². The van der Waals surface area contributed by atoms with E-state index in [9.17, 15) is 28.8 Å². The minimum Gasteiger partial charge on any atom is -0.496 e. The molecule has 15 nitrogen and oxygen atoms in total. The molecule has 0 bridgehead atoms. The molecule has 7 rings (SSSR count). The predicted octanol–water partition coefficient (Wildman–Crippen LogP) is 8.58. The van der Waals surface area contributed by atoms with E-state index in [2.05, 4.69) is 31.6 Å². The second-order valence-electron chi connectivity index (χ2n) is 21.3. The van der Waals surface area contributed by atoms with Crippen molar-refractivity contribution in [3.63, 3.8) is 0 Å². The number of likely N-dealkylation sites (tertiary alicyclic amines) is 1. The number of rotatable bonds is 22. The number of ether oxygens (including phenoxy) is 1. The summed E-state index contributed by atoms with van der Waals surface area (Å²) in [6.45, 7) is 14.2. The molecule has 402 valence electrons. The van der Waals surface area contributed by atoms with E-state index in [0.717, 1.165) is 81.7 Å². The van der Waals surface area contributed by atoms with Crippen LogP contribution in [0.3, 0.4) is 0 Å². The van der Waals surface area contributed by atoms with Crippen molar-refractivity contribution in [3.8, 4) is 16.2 Å². The van der Waals surface area contributed by atoms with E-state index in [1.807, 2.05) is 98.8 Å². The number of hydrogen-bond acceptors (Lipinski definition) is 12. The van der Waals surface area contributed by atoms with Crippen LogP contribution in [-0.2, 0) is 43.1 Å². The summed E-state index contributed by atoms with van der Waals surface area (Å²) < 4.78 is 18.8. The van der Waals surface area contributed by atoms with Crippen LogP contribution >= 0.6 is 30.1 Å². The highest BCUT2D eigenvalue weighted by molar-refractivity contribution is 7.70. The number of anilines is 1. The number of nitrogens with one attached hydrogen (secondary N) is 2. The second kappa shape index (κ2) is 25.9. The number of carbonyl (C=O) groups is 4. The Balaban J connectivity index is 0.786. The van der Waals surface area contributed by atoms with Gasteiger partial charge in [-0.2, -0.15) is 0 Å². The monoisotopic (exact) mass is 1080 g/mol. The van der Waals surface area contributed by atoms with Crippen molar-refractivity contribution in [2.24, 2.45) is 5.41 Å². The molecule has 0 unspecified atom stereocenters. The Morgan fingerprint density at radius 1 is 0.893 bits per heavy atom. The second-order valence-corrected chi connectivity index (χ2v) is 25.8. The molecule has 18 heteroatoms. The first-order valence-corrected chi connectivity index (χ1v) is 30.0. The van der Waals surface area contributed by atoms with E-state index in [4.69, 9.17) is 21.3 Å². The topological polar surface area (TPSA) is 187 Å². The number of unbranched alkanes of at least 4 members (excludes halogenated alkanes) is 5. The Labute approximate surface area is 451 Å². The average Bonchev–Trinajstić information content (AvgIpc) is 4.01. The van der Waals surface area contributed by atoms with Crippen molar-refractivity contribution in [3.05, 3.63) is 117 Å². The number of amides is 4. The van der Waals surface area contributed by atoms with Gasteiger partial charge in [-0.15, -0.1) is 11.3 Å². The molecule has 0 spiro atoms. The molecule has 75 heavy (non-hydrogen) atoms. The normalized spacial score (nSPS) is 16.5. The first-order chi connectivity index (χ1) is 35.8. The molecule has 2 fully saturated rings. The summed E-state index contributed by atoms with van der Waals surface area (Å²) >= 11 is 8.15. The average molecular weight is 1080 g/mol. The van der Waals surface area contributed by atoms with Crippen LogP contribution in [0.4, 0.5) is 5.69 Å². The van der Waals surface area contributed by atoms with Gasteiger partial charge in [0, 0.05) is 100 Å². The summed E-state index contributed by atoms with van der Waals surface area (Å²) in [6.07, 6.45) is 7.74. The molecule has 4 heterocycles. The first-order valence-electron chi connectivity index (χ1n) is 26.2. The van der Waals surface area contributed by atoms with Gasteiger partial charge in [-0.05, 0) is 61.3 Å². The lowest BCUT2D eigenvalue weighted by Gasteiger charge is -2.36. The fourth-order valence-electron chi connectivity index (χ4n) is 9.92. The van der Waals surface area contributed by atoms with Crippen LogP contribution in [0.15, 0.2) is 78.4 Å². The van der Waals surface area contributed by atoms with Gasteiger partial charge >= 0.3 is 0 Å². The number of methoxy groups -OCH3 is 1. The van der Waals surface area contributed by atoms with E-state index in [1.165, 1.54) is 4.90 Å². The number of thiazole rings is 1. The fourth-order valence-corrected chi connectivity index (χ4v) is 12.2. The van der Waals surface area contributed by atoms with Gasteiger partial charge in [-0.3, -0.25) is 19.2 Å². The van der Waals surface area contributed by atoms with E-state index in [-0.39, 0.29) is 49.6 Å². The van der Waals surface area contributed by atoms with Gasteiger partial charge in [0.05, 0.1) is 40.0 Å². The maximum absolute atomic E-state index is 14.1. The number of β-amino-alcohol motifs (C(OH)–C–C–N with tert-alkyl or cyclic N) is 1. The maximum atomic E-state index is 14.1. The molecule has 2 aliphatic heterocycles. The van der Waals surface area contributed by atoms with Crippen molar-refractivity contribution in [2.75, 3.05) is 58.1 Å². The van der Waals surface area contributed by atoms with Crippen molar-refractivity contribution in [2.45, 2.75) is 123 Å². The van der Waals surface area contributed by atoms with Crippen LogP contribution < -0.4 is 25.6 Å². The Morgan fingerprint density at radius 2 is 1.59 bits per heavy atom. The minimum absolute atomic E-state index is 0.0201. The minimum atomic E-state index is -2.50. The largest absolute Gasteiger partial charge is 0.496 e. The fraction of sp³-hybridized carbons (Fsp3) is 0.491. The van der Waals surface area contributed by atoms with Crippen LogP contribution in [0.2, 0.25) is 5.02 Å². The molecule has 3 atom stereocenters. The lowest BCUT2D eigenvalue weighted by atomic mass is 9.85. The molecule has 2 aromatic heterocycles. The van der Waals surface area contributed by atoms with Crippen molar-refractivity contribution in [1.29, 1.82) is 0 Å². The van der Waals surface area contributed by atoms with Crippen LogP contribution in [0.25, 0.3) is 10.4 Å². The molecule has 5 aromatic rings. The zero-order valence-electron chi connectivity index (χ0n) is 44.6. The molecule has 0 saturated carbocycles. The van der Waals surface area contributed by atoms with Gasteiger partial charge in [-0.1, -0.05) is 113 Å². The third kappa shape index (κ3) is 15.5. The number of hydrogen-bond donors (Lipinski definition) is 3. The molecule has 0 radical (unpaired) electrons. The van der Waals surface area contributed by atoms with Crippen molar-refractivity contribution < 1.29 is 33.6 Å². The summed E-state index contributed by atoms with van der Waals surface area (Å²) in [5.74, 6) is 0.577. The molecule has 3 N–H and O–H groups in total. The summed E-state index contributed by atoms with van der Waals surface area (Å²) in [6, 6.07) is 20.1. The summed E-state index contributed by atoms with van der Waals surface area (Å²) in [4.78, 5) is 74.4. The van der Waals surface area contributed by atoms with Gasteiger partial charge in [0.15, 0.2) is 0 Å². The van der Waals surface area contributed by atoms with E-state index in [1.54, 1.807) is 38.0 Å². The summed E-state index contributed by atoms with van der Waals surface area (Å²) in [7, 11) is -0.841. The standard InChI is InChI=1S/C57H74ClN8O7PS/c1-38-53(75-37-61-38)40-22-20-39(21-23-40)34-60-55(70)47-33-44(67)36-66(47)56(71)54(57(2,3)4)63-51(68)18-12-10-8-9-11-13-19-52(69)65-28-26-64(27-29-65)43-25-24-41(48(32-43)73-5)31-50-59-35-45(58)46(62-50)30-42-16-14-15-17-49(42)74(6,7)72/h14-17,20-25,32,35,37,44,47,54,67H,8-13,18-19,26-31,33-34,36H2,1-7H3,(H,60,70)(H,63,68)/t44-,47+,54-/m1/s1. The van der Waals surface area contributed by atoms with Crippen LogP contribution in [0.5, 0.6) is 5.75 Å². The number of aliphatic hydroxyl groups excluding tert-OH is 1. The van der Waals surface area contributed by atoms with Gasteiger partial charge in [0.25, 0.3) is 0 Å². The molecule has 3 aromatic carbocycles. The quantitative estimate of drug-likeness (QED) is 0.0445. The predicted molar refractivity (Wildman–Crippen MR) is 299 cm³/mol. The van der Waals surface area contributed by atoms with Crippen molar-refractivity contribution in [1.82, 2.24) is 35.4 Å². The number of aliphatic hydroxyl groups is 1. The van der Waals surface area contributed by atoms with Crippen molar-refractivity contribution >= 4 is 64.7 Å². The van der Waals surface area contributed by atoms with Gasteiger partial charge in [-0.25, -0.2) is 15.0 Å². The number of aryl methyl sites for hydroxylation is 1. The highest BCUT2D eigenvalue weighted by Crippen LogP contribution is 2.37. The molecular formula is C57H74ClN8O7PS. The number of nitrogens with zero attached hydrogens (tertiary/aromatic N) is 6. The highest BCUT2D eigenvalue weighted by atomic mass is 35.5. The third-order valence-corrected chi connectivity index (χ3v) is 17.1. The smallest absolute Gasteiger partial charge is 0.246 e. The Morgan fingerprint density at radius 3 is 2.25 bits per heavy atom. The lowest BCUT2D eigenvalue weighted by Crippen LogP contribution is -2.57. The molecule has 2 saturated heterocycles. The lowest BCUT2D eigenvalue weighted by molar-refractivity contribution is -0.144. The first kappa shape index (κ1) is 57.0. The van der Waals surface area contributed by atoms with Crippen LogP contribution in [0.1, 0.15) is 112 Å². The van der Waals surface area contributed by atoms with Gasteiger partial charge in [0.1, 0.15) is 30.8 Å². The SMILES string of the molecule is COc1cc(N2CCN(C(=O)CCCCCCCCC(=O)N[C@H](C(=O)N3C[C@H](O)C[C@H]3C(=O)NCc3ccc(-c4scnc4C)cc3)C(C)(C)C)CC2)ccc1Cc1ncc(Cl)c(Cc2ccccc2P(C)(C)=O)n1. The molecule has 4 amide bonds.